The summed E-state index contributed by atoms with van der Waals surface area (Å²) in [6.45, 7) is 0. The monoisotopic (exact) mass is 404 g/mol. The predicted octanol–water partition coefficient (Wildman–Crippen LogP) is 5.01. The lowest BCUT2D eigenvalue weighted by atomic mass is 10.2. The van der Waals surface area contributed by atoms with Gasteiger partial charge in [0.05, 0.1) is 5.70 Å². The van der Waals surface area contributed by atoms with Crippen molar-refractivity contribution in [1.82, 2.24) is 14.9 Å². The highest BCUT2D eigenvalue weighted by atomic mass is 79.9. The highest BCUT2D eigenvalue weighted by molar-refractivity contribution is 9.10. The lowest BCUT2D eigenvalue weighted by molar-refractivity contribution is 0.826. The van der Waals surface area contributed by atoms with Crippen LogP contribution in [0.4, 0.5) is 0 Å². The van der Waals surface area contributed by atoms with Crippen LogP contribution < -0.4 is 5.43 Å². The molecule has 1 aromatic heterocycles. The Labute approximate surface area is 150 Å². The Bertz CT molecular complexity index is 905. The average Bonchev–Trinajstić information content (AvgIpc) is 2.99. The molecule has 0 spiro atoms. The Balaban J connectivity index is 1.73. The third-order valence-electron chi connectivity index (χ3n) is 3.42. The first kappa shape index (κ1) is 14.8. The summed E-state index contributed by atoms with van der Waals surface area (Å²) in [6.07, 6.45) is 0. The maximum absolute atomic E-state index is 5.96. The smallest absolute Gasteiger partial charge is 0.214 e. The van der Waals surface area contributed by atoms with Gasteiger partial charge in [-0.3, -0.25) is 5.43 Å². The van der Waals surface area contributed by atoms with E-state index >= 15 is 0 Å². The van der Waals surface area contributed by atoms with Crippen LogP contribution in [0.5, 0.6) is 0 Å². The van der Waals surface area contributed by atoms with Crippen LogP contribution in [0.1, 0.15) is 5.56 Å². The summed E-state index contributed by atoms with van der Waals surface area (Å²) in [5.41, 5.74) is 6.39. The molecular formula is C16H10BrClN4S. The number of nitrogens with one attached hydrogen (secondary N) is 1. The lowest BCUT2D eigenvalue weighted by Crippen LogP contribution is -2.18. The lowest BCUT2D eigenvalue weighted by Gasteiger charge is -2.19. The van der Waals surface area contributed by atoms with Crippen molar-refractivity contribution in [3.63, 3.8) is 0 Å². The van der Waals surface area contributed by atoms with Gasteiger partial charge in [-0.2, -0.15) is 0 Å². The molecule has 4 rings (SSSR count). The summed E-state index contributed by atoms with van der Waals surface area (Å²) in [6, 6.07) is 15.7. The SMILES string of the molecule is Clc1ccc(C2=CSc3nnc(-c4ccccc4Br)n3N2)cc1. The minimum absolute atomic E-state index is 0.719. The summed E-state index contributed by atoms with van der Waals surface area (Å²) in [5, 5.41) is 12.1. The molecule has 4 nitrogen and oxygen atoms in total. The standard InChI is InChI=1S/C16H10BrClN4S/c17-13-4-2-1-3-12(13)15-19-20-16-22(15)21-14(9-23-16)10-5-7-11(18)8-6-10/h1-9,21H. The van der Waals surface area contributed by atoms with E-state index in [0.29, 0.717) is 0 Å². The molecule has 0 saturated heterocycles. The summed E-state index contributed by atoms with van der Waals surface area (Å²) in [4.78, 5) is 0. The number of hydrogen-bond acceptors (Lipinski definition) is 4. The van der Waals surface area contributed by atoms with Crippen LogP contribution in [0, 0.1) is 0 Å². The van der Waals surface area contributed by atoms with E-state index in [4.69, 9.17) is 11.6 Å². The van der Waals surface area contributed by atoms with E-state index < -0.39 is 0 Å². The molecule has 114 valence electrons. The largest absolute Gasteiger partial charge is 0.289 e. The molecule has 0 amide bonds. The van der Waals surface area contributed by atoms with Crippen LogP contribution in [-0.4, -0.2) is 14.9 Å². The summed E-state index contributed by atoms with van der Waals surface area (Å²) in [7, 11) is 0. The number of aromatic nitrogens is 3. The van der Waals surface area contributed by atoms with Gasteiger partial charge in [-0.1, -0.05) is 63.6 Å². The second-order valence-electron chi connectivity index (χ2n) is 4.89. The van der Waals surface area contributed by atoms with Crippen molar-refractivity contribution in [2.75, 3.05) is 5.43 Å². The molecule has 0 unspecified atom stereocenters. The van der Waals surface area contributed by atoms with Gasteiger partial charge < -0.3 is 0 Å². The predicted molar refractivity (Wildman–Crippen MR) is 97.8 cm³/mol. The molecule has 1 aliphatic heterocycles. The maximum atomic E-state index is 5.96. The van der Waals surface area contributed by atoms with Gasteiger partial charge in [0.15, 0.2) is 5.82 Å². The van der Waals surface area contributed by atoms with E-state index in [1.807, 2.05) is 58.6 Å². The van der Waals surface area contributed by atoms with E-state index in [0.717, 1.165) is 37.3 Å². The molecule has 1 N–H and O–H groups in total. The number of fused-ring (bicyclic) bond motifs is 1. The topological polar surface area (TPSA) is 42.7 Å². The van der Waals surface area contributed by atoms with Gasteiger partial charge in [-0.15, -0.1) is 10.2 Å². The third-order valence-corrected chi connectivity index (χ3v) is 5.19. The van der Waals surface area contributed by atoms with Gasteiger partial charge >= 0.3 is 0 Å². The minimum atomic E-state index is 0.719. The summed E-state index contributed by atoms with van der Waals surface area (Å²) >= 11 is 11.1. The quantitative estimate of drug-likeness (QED) is 0.651. The third kappa shape index (κ3) is 2.78. The molecule has 3 aromatic rings. The molecule has 2 heterocycles. The number of benzene rings is 2. The molecule has 0 atom stereocenters. The van der Waals surface area contributed by atoms with Crippen LogP contribution in [0.25, 0.3) is 17.1 Å². The minimum Gasteiger partial charge on any atom is -0.289 e. The summed E-state index contributed by atoms with van der Waals surface area (Å²) < 4.78 is 2.87. The molecule has 0 aliphatic carbocycles. The van der Waals surface area contributed by atoms with Crippen LogP contribution in [0.15, 0.2) is 63.6 Å². The number of halogens is 2. The molecular weight excluding hydrogens is 396 g/mol. The molecule has 23 heavy (non-hydrogen) atoms. The van der Waals surface area contributed by atoms with Crippen molar-refractivity contribution in [3.05, 3.63) is 69.0 Å². The average molecular weight is 406 g/mol. The zero-order chi connectivity index (χ0) is 15.8. The maximum Gasteiger partial charge on any atom is 0.214 e. The van der Waals surface area contributed by atoms with Crippen molar-refractivity contribution < 1.29 is 0 Å². The summed E-state index contributed by atoms with van der Waals surface area (Å²) in [5.74, 6) is 0.763. The number of thioether (sulfide) groups is 1. The van der Waals surface area contributed by atoms with Crippen LogP contribution in [-0.2, 0) is 0 Å². The van der Waals surface area contributed by atoms with Crippen LogP contribution >= 0.6 is 39.3 Å². The fourth-order valence-corrected chi connectivity index (χ4v) is 3.61. The van der Waals surface area contributed by atoms with E-state index in [1.165, 1.54) is 11.8 Å². The highest BCUT2D eigenvalue weighted by Crippen LogP contribution is 2.33. The molecule has 0 radical (unpaired) electrons. The second-order valence-corrected chi connectivity index (χ2v) is 7.02. The molecule has 2 aromatic carbocycles. The van der Waals surface area contributed by atoms with Gasteiger partial charge in [0, 0.05) is 26.0 Å². The van der Waals surface area contributed by atoms with E-state index in [9.17, 15) is 0 Å². The second kappa shape index (κ2) is 6.03. The Morgan fingerprint density at radius 2 is 1.83 bits per heavy atom. The zero-order valence-corrected chi connectivity index (χ0v) is 14.9. The Morgan fingerprint density at radius 1 is 1.04 bits per heavy atom. The molecule has 0 bridgehead atoms. The molecule has 7 heteroatoms. The van der Waals surface area contributed by atoms with Gasteiger partial charge in [0.2, 0.25) is 5.16 Å². The van der Waals surface area contributed by atoms with Crippen molar-refractivity contribution >= 4 is 45.0 Å². The fourth-order valence-electron chi connectivity index (χ4n) is 2.28. The Hall–Kier alpha value is -1.76. The Morgan fingerprint density at radius 3 is 2.61 bits per heavy atom. The van der Waals surface area contributed by atoms with E-state index in [-0.39, 0.29) is 0 Å². The van der Waals surface area contributed by atoms with Gasteiger partial charge in [-0.05, 0) is 24.3 Å². The van der Waals surface area contributed by atoms with E-state index in [1.54, 1.807) is 0 Å². The van der Waals surface area contributed by atoms with E-state index in [2.05, 4.69) is 31.6 Å². The van der Waals surface area contributed by atoms with Crippen molar-refractivity contribution in [2.45, 2.75) is 5.16 Å². The molecule has 0 saturated carbocycles. The fraction of sp³-hybridized carbons (Fsp3) is 0. The highest BCUT2D eigenvalue weighted by Gasteiger charge is 2.20. The normalized spacial score (nSPS) is 13.2. The Kier molecular flexibility index (Phi) is 3.88. The number of hydrogen-bond donors (Lipinski definition) is 1. The number of nitrogens with zero attached hydrogens (tertiary/aromatic N) is 3. The molecule has 0 fully saturated rings. The van der Waals surface area contributed by atoms with Crippen LogP contribution in [0.2, 0.25) is 5.02 Å². The first-order chi connectivity index (χ1) is 11.2. The first-order valence-corrected chi connectivity index (χ1v) is 8.87. The van der Waals surface area contributed by atoms with Crippen LogP contribution in [0.3, 0.4) is 0 Å². The van der Waals surface area contributed by atoms with Crippen molar-refractivity contribution in [1.29, 1.82) is 0 Å². The zero-order valence-electron chi connectivity index (χ0n) is 11.7. The van der Waals surface area contributed by atoms with Gasteiger partial charge in [0.25, 0.3) is 0 Å². The van der Waals surface area contributed by atoms with Gasteiger partial charge in [-0.25, -0.2) is 4.68 Å². The first-order valence-electron chi connectivity index (χ1n) is 6.82. The van der Waals surface area contributed by atoms with Crippen molar-refractivity contribution in [2.24, 2.45) is 0 Å². The molecule has 1 aliphatic rings. The van der Waals surface area contributed by atoms with Gasteiger partial charge in [0.1, 0.15) is 0 Å². The number of rotatable bonds is 2. The van der Waals surface area contributed by atoms with Crippen molar-refractivity contribution in [3.8, 4) is 11.4 Å².